The normalized spacial score (nSPS) is 27.6. The van der Waals surface area contributed by atoms with Gasteiger partial charge in [0.25, 0.3) is 0 Å². The lowest BCUT2D eigenvalue weighted by molar-refractivity contribution is -0.142. The van der Waals surface area contributed by atoms with E-state index in [0.717, 1.165) is 12.8 Å². The van der Waals surface area contributed by atoms with Gasteiger partial charge in [0.1, 0.15) is 11.8 Å². The van der Waals surface area contributed by atoms with Gasteiger partial charge in [0.05, 0.1) is 31.6 Å². The molecule has 1 saturated heterocycles. The number of methoxy groups -OCH3 is 1. The lowest BCUT2D eigenvalue weighted by Gasteiger charge is -2.34. The molecule has 0 aromatic heterocycles. The minimum absolute atomic E-state index is 0.0696. The summed E-state index contributed by atoms with van der Waals surface area (Å²) >= 11 is 0. The Bertz CT molecular complexity index is 869. The first-order valence-corrected chi connectivity index (χ1v) is 11.2. The predicted molar refractivity (Wildman–Crippen MR) is 121 cm³/mol. The summed E-state index contributed by atoms with van der Waals surface area (Å²) in [6.45, 7) is 3.48. The van der Waals surface area contributed by atoms with Crippen LogP contribution >= 0.6 is 0 Å². The van der Waals surface area contributed by atoms with Crippen LogP contribution in [0.4, 0.5) is 5.69 Å². The molecule has 2 aliphatic rings. The Hall–Kier alpha value is -2.87. The van der Waals surface area contributed by atoms with E-state index in [1.54, 1.807) is 45.3 Å². The molecule has 0 radical (unpaired) electrons. The van der Waals surface area contributed by atoms with Gasteiger partial charge in [-0.3, -0.25) is 14.4 Å². The molecule has 0 bridgehead atoms. The molecule has 3 amide bonds. The number of ether oxygens (including phenoxy) is 1. The number of aliphatic hydroxyl groups excluding tert-OH is 1. The number of rotatable bonds is 8. The van der Waals surface area contributed by atoms with Crippen molar-refractivity contribution in [2.75, 3.05) is 26.1 Å². The molecule has 1 aliphatic heterocycles. The lowest BCUT2D eigenvalue weighted by atomic mass is 9.68. The third kappa shape index (κ3) is 4.37. The first-order valence-electron chi connectivity index (χ1n) is 11.2. The second-order valence-electron chi connectivity index (χ2n) is 8.52. The summed E-state index contributed by atoms with van der Waals surface area (Å²) < 4.78 is 5.16. The molecule has 1 aromatic carbocycles. The van der Waals surface area contributed by atoms with Gasteiger partial charge in [-0.05, 0) is 43.5 Å². The maximum absolute atomic E-state index is 13.6. The number of allylic oxidation sites excluding steroid dienone is 1. The summed E-state index contributed by atoms with van der Waals surface area (Å²) in [4.78, 5) is 41.3. The van der Waals surface area contributed by atoms with Crippen LogP contribution in [0.2, 0.25) is 0 Å². The number of likely N-dealkylation sites (tertiary alicyclic amines) is 1. The van der Waals surface area contributed by atoms with E-state index < -0.39 is 29.8 Å². The number of aliphatic hydroxyl groups is 1. The van der Waals surface area contributed by atoms with E-state index >= 15 is 0 Å². The average Bonchev–Trinajstić information content (AvgIpc) is 3.11. The topological polar surface area (TPSA) is 108 Å². The molecule has 0 spiro atoms. The number of nitrogens with zero attached hydrogens (tertiary/aromatic N) is 1. The van der Waals surface area contributed by atoms with Crippen molar-refractivity contribution in [3.63, 3.8) is 0 Å². The van der Waals surface area contributed by atoms with Crippen molar-refractivity contribution < 1.29 is 24.2 Å². The quantitative estimate of drug-likeness (QED) is 0.531. The molecule has 1 heterocycles. The number of fused-ring (bicyclic) bond motifs is 1. The van der Waals surface area contributed by atoms with Gasteiger partial charge in [-0.25, -0.2) is 0 Å². The Labute approximate surface area is 189 Å². The van der Waals surface area contributed by atoms with Crippen LogP contribution in [-0.4, -0.2) is 60.6 Å². The zero-order valence-corrected chi connectivity index (χ0v) is 19.1. The van der Waals surface area contributed by atoms with Crippen molar-refractivity contribution in [1.82, 2.24) is 10.2 Å². The second-order valence-corrected chi connectivity index (χ2v) is 8.52. The third-order valence-electron chi connectivity index (χ3n) is 6.58. The van der Waals surface area contributed by atoms with E-state index in [-0.39, 0.29) is 30.2 Å². The fraction of sp³-hybridized carbons (Fsp3) is 0.542. The summed E-state index contributed by atoms with van der Waals surface area (Å²) in [5, 5.41) is 15.4. The van der Waals surface area contributed by atoms with Gasteiger partial charge >= 0.3 is 0 Å². The van der Waals surface area contributed by atoms with Gasteiger partial charge in [-0.15, -0.1) is 0 Å². The zero-order valence-electron chi connectivity index (χ0n) is 19.1. The molecule has 6 atom stereocenters. The summed E-state index contributed by atoms with van der Waals surface area (Å²) in [5.74, 6) is -1.84. The SMILES string of the molecule is CCC[C@@H]1C=C[C@H]2[C@@H](C(=O)N([C@H](C)CO)[C@@H]2C(=O)Nc2ccc(OC)cc2)[C@@H]1C(=O)NC. The highest BCUT2D eigenvalue weighted by molar-refractivity contribution is 6.02. The number of hydrogen-bond donors (Lipinski definition) is 3. The summed E-state index contributed by atoms with van der Waals surface area (Å²) in [6, 6.07) is 5.57. The molecular weight excluding hydrogens is 410 g/mol. The number of carbonyl (C=O) groups excluding carboxylic acids is 3. The standard InChI is InChI=1S/C24H33N3O5/c1-5-6-15-7-12-18-20(19(15)22(29)25-3)24(31)27(14(2)13-28)21(18)23(30)26-16-8-10-17(32-4)11-9-16/h7-12,14-15,18-21,28H,5-6,13H2,1-4H3,(H,25,29)(H,26,30)/t14-,15-,18+,19-,20-,21+/m1/s1. The fourth-order valence-electron chi connectivity index (χ4n) is 5.04. The average molecular weight is 444 g/mol. The number of hydrogen-bond acceptors (Lipinski definition) is 5. The first kappa shape index (κ1) is 23.8. The molecular formula is C24H33N3O5. The summed E-state index contributed by atoms with van der Waals surface area (Å²) in [5.41, 5.74) is 0.579. The van der Waals surface area contributed by atoms with Gasteiger partial charge in [0, 0.05) is 18.7 Å². The van der Waals surface area contributed by atoms with Crippen LogP contribution in [0.1, 0.15) is 26.7 Å². The number of nitrogens with one attached hydrogen (secondary N) is 2. The number of amides is 3. The van der Waals surface area contributed by atoms with Crippen molar-refractivity contribution in [2.45, 2.75) is 38.8 Å². The molecule has 3 N–H and O–H groups in total. The Morgan fingerprint density at radius 2 is 1.88 bits per heavy atom. The zero-order chi connectivity index (χ0) is 23.4. The second kappa shape index (κ2) is 10.2. The number of carbonyl (C=O) groups is 3. The molecule has 1 aliphatic carbocycles. The Balaban J connectivity index is 1.97. The number of benzene rings is 1. The van der Waals surface area contributed by atoms with Crippen LogP contribution in [-0.2, 0) is 14.4 Å². The first-order chi connectivity index (χ1) is 15.4. The van der Waals surface area contributed by atoms with Gasteiger partial charge in [-0.2, -0.15) is 0 Å². The van der Waals surface area contributed by atoms with E-state index in [4.69, 9.17) is 4.74 Å². The molecule has 1 fully saturated rings. The van der Waals surface area contributed by atoms with Crippen molar-refractivity contribution in [1.29, 1.82) is 0 Å². The predicted octanol–water partition coefficient (Wildman–Crippen LogP) is 1.81. The van der Waals surface area contributed by atoms with E-state index in [9.17, 15) is 19.5 Å². The molecule has 174 valence electrons. The third-order valence-corrected chi connectivity index (χ3v) is 6.58. The van der Waals surface area contributed by atoms with Crippen molar-refractivity contribution in [3.05, 3.63) is 36.4 Å². The van der Waals surface area contributed by atoms with Gasteiger partial charge in [-0.1, -0.05) is 25.5 Å². The maximum Gasteiger partial charge on any atom is 0.247 e. The molecule has 8 heteroatoms. The lowest BCUT2D eigenvalue weighted by Crippen LogP contribution is -2.49. The van der Waals surface area contributed by atoms with Crippen LogP contribution in [0, 0.1) is 23.7 Å². The fourth-order valence-corrected chi connectivity index (χ4v) is 5.04. The monoisotopic (exact) mass is 443 g/mol. The molecule has 0 saturated carbocycles. The highest BCUT2D eigenvalue weighted by atomic mass is 16.5. The van der Waals surface area contributed by atoms with Crippen LogP contribution in [0.25, 0.3) is 0 Å². The van der Waals surface area contributed by atoms with Crippen molar-refractivity contribution in [3.8, 4) is 5.75 Å². The summed E-state index contributed by atoms with van der Waals surface area (Å²) in [6.07, 6.45) is 5.57. The molecule has 8 nitrogen and oxygen atoms in total. The van der Waals surface area contributed by atoms with Gasteiger partial charge < -0.3 is 25.4 Å². The Morgan fingerprint density at radius 1 is 1.19 bits per heavy atom. The number of anilines is 1. The smallest absolute Gasteiger partial charge is 0.247 e. The molecule has 3 rings (SSSR count). The van der Waals surface area contributed by atoms with E-state index in [1.807, 2.05) is 19.1 Å². The van der Waals surface area contributed by atoms with Crippen LogP contribution in [0.3, 0.4) is 0 Å². The molecule has 32 heavy (non-hydrogen) atoms. The van der Waals surface area contributed by atoms with Crippen LogP contribution in [0.5, 0.6) is 5.75 Å². The van der Waals surface area contributed by atoms with E-state index in [2.05, 4.69) is 10.6 Å². The van der Waals surface area contributed by atoms with E-state index in [0.29, 0.717) is 11.4 Å². The minimum atomic E-state index is -0.817. The van der Waals surface area contributed by atoms with Crippen molar-refractivity contribution in [2.24, 2.45) is 23.7 Å². The summed E-state index contributed by atoms with van der Waals surface area (Å²) in [7, 11) is 3.14. The highest BCUT2D eigenvalue weighted by Crippen LogP contribution is 2.46. The highest BCUT2D eigenvalue weighted by Gasteiger charge is 2.57. The molecule has 0 unspecified atom stereocenters. The van der Waals surface area contributed by atoms with Crippen LogP contribution < -0.4 is 15.4 Å². The van der Waals surface area contributed by atoms with Crippen molar-refractivity contribution >= 4 is 23.4 Å². The Kier molecular flexibility index (Phi) is 7.56. The van der Waals surface area contributed by atoms with Gasteiger partial charge in [0.15, 0.2) is 0 Å². The van der Waals surface area contributed by atoms with Gasteiger partial charge in [0.2, 0.25) is 17.7 Å². The maximum atomic E-state index is 13.6. The van der Waals surface area contributed by atoms with E-state index in [1.165, 1.54) is 4.90 Å². The molecule has 1 aromatic rings. The minimum Gasteiger partial charge on any atom is -0.497 e. The van der Waals surface area contributed by atoms with Crippen LogP contribution in [0.15, 0.2) is 36.4 Å². The largest absolute Gasteiger partial charge is 0.497 e. The Morgan fingerprint density at radius 3 is 2.44 bits per heavy atom.